The number of nitrogen functional groups attached to an aromatic ring is 1. The van der Waals surface area contributed by atoms with Gasteiger partial charge >= 0.3 is 6.09 Å². The number of carbonyl (C=O) groups is 1. The van der Waals surface area contributed by atoms with E-state index < -0.39 is 11.7 Å². The van der Waals surface area contributed by atoms with Gasteiger partial charge in [0.15, 0.2) is 0 Å². The van der Waals surface area contributed by atoms with Gasteiger partial charge in [-0.15, -0.1) is 0 Å². The third-order valence-corrected chi connectivity index (χ3v) is 4.19. The van der Waals surface area contributed by atoms with Gasteiger partial charge in [-0.2, -0.15) is 0 Å². The van der Waals surface area contributed by atoms with Crippen molar-refractivity contribution in [3.63, 3.8) is 0 Å². The molecule has 0 saturated carbocycles. The Morgan fingerprint density at radius 1 is 1.25 bits per heavy atom. The first-order valence-corrected chi connectivity index (χ1v) is 8.57. The number of hydrogen-bond donors (Lipinski definition) is 2. The lowest BCUT2D eigenvalue weighted by Crippen LogP contribution is -2.46. The molecule has 2 rings (SSSR count). The van der Waals surface area contributed by atoms with E-state index in [-0.39, 0.29) is 0 Å². The number of likely N-dealkylation sites (N-methyl/N-ethyl adjacent to an activating group) is 1. The molecule has 6 nitrogen and oxygen atoms in total. The first-order valence-electron chi connectivity index (χ1n) is 8.57. The van der Waals surface area contributed by atoms with Gasteiger partial charge in [-0.25, -0.2) is 4.79 Å². The zero-order valence-corrected chi connectivity index (χ0v) is 15.5. The maximum absolute atomic E-state index is 12.1. The van der Waals surface area contributed by atoms with Gasteiger partial charge in [0.2, 0.25) is 0 Å². The van der Waals surface area contributed by atoms with E-state index in [1.807, 2.05) is 33.8 Å². The zero-order valence-electron chi connectivity index (χ0n) is 15.5. The summed E-state index contributed by atoms with van der Waals surface area (Å²) in [6, 6.07) is 4.02. The zero-order chi connectivity index (χ0) is 17.9. The number of carbonyl (C=O) groups excluding carboxylic acids is 1. The number of nitrogens with one attached hydrogen (secondary N) is 1. The molecule has 3 N–H and O–H groups in total. The van der Waals surface area contributed by atoms with Crippen molar-refractivity contribution in [2.24, 2.45) is 0 Å². The molecule has 134 valence electrons. The van der Waals surface area contributed by atoms with Gasteiger partial charge in [-0.1, -0.05) is 6.92 Å². The van der Waals surface area contributed by atoms with Crippen molar-refractivity contribution in [3.8, 4) is 0 Å². The van der Waals surface area contributed by atoms with Gasteiger partial charge in [-0.3, -0.25) is 5.32 Å². The van der Waals surface area contributed by atoms with E-state index in [1.165, 1.54) is 0 Å². The number of rotatable bonds is 3. The molecule has 1 amide bonds. The molecular formula is C18H30N4O2. The average molecular weight is 334 g/mol. The Balaban J connectivity index is 2.15. The predicted molar refractivity (Wildman–Crippen MR) is 99.8 cm³/mol. The molecule has 1 fully saturated rings. The van der Waals surface area contributed by atoms with Gasteiger partial charge in [0, 0.05) is 31.9 Å². The van der Waals surface area contributed by atoms with E-state index in [0.29, 0.717) is 11.4 Å². The smallest absolute Gasteiger partial charge is 0.412 e. The van der Waals surface area contributed by atoms with Crippen LogP contribution in [0.25, 0.3) is 0 Å². The van der Waals surface area contributed by atoms with Crippen LogP contribution in [-0.2, 0) is 4.74 Å². The largest absolute Gasteiger partial charge is 0.444 e. The minimum absolute atomic E-state index is 0.485. The quantitative estimate of drug-likeness (QED) is 0.831. The Morgan fingerprint density at radius 2 is 1.88 bits per heavy atom. The van der Waals surface area contributed by atoms with Crippen molar-refractivity contribution in [2.75, 3.05) is 48.7 Å². The van der Waals surface area contributed by atoms with E-state index in [9.17, 15) is 4.79 Å². The number of aryl methyl sites for hydroxylation is 1. The number of hydrogen-bond acceptors (Lipinski definition) is 5. The van der Waals surface area contributed by atoms with Crippen LogP contribution in [0, 0.1) is 6.92 Å². The summed E-state index contributed by atoms with van der Waals surface area (Å²) in [5.74, 6) is 0. The fraction of sp³-hybridized carbons (Fsp3) is 0.611. The lowest BCUT2D eigenvalue weighted by atomic mass is 10.1. The van der Waals surface area contributed by atoms with Crippen molar-refractivity contribution in [2.45, 2.75) is 40.2 Å². The summed E-state index contributed by atoms with van der Waals surface area (Å²) in [7, 11) is 0. The van der Waals surface area contributed by atoms with Crippen molar-refractivity contribution < 1.29 is 9.53 Å². The fourth-order valence-electron chi connectivity index (χ4n) is 2.80. The van der Waals surface area contributed by atoms with Gasteiger partial charge in [0.05, 0.1) is 11.4 Å². The summed E-state index contributed by atoms with van der Waals surface area (Å²) < 4.78 is 5.32. The van der Waals surface area contributed by atoms with Crippen LogP contribution in [0.2, 0.25) is 0 Å². The maximum Gasteiger partial charge on any atom is 0.412 e. The molecule has 0 bridgehead atoms. The topological polar surface area (TPSA) is 70.8 Å². The number of benzene rings is 1. The number of ether oxygens (including phenoxy) is 1. The average Bonchev–Trinajstić information content (AvgIpc) is 2.50. The SMILES string of the molecule is CCN1CCN(c2cc(C)c(N)c(NC(=O)OC(C)(C)C)c2)CC1. The molecule has 0 aliphatic carbocycles. The van der Waals surface area contributed by atoms with Crippen LogP contribution in [0.5, 0.6) is 0 Å². The number of amides is 1. The number of piperazine rings is 1. The molecule has 0 spiro atoms. The van der Waals surface area contributed by atoms with Crippen LogP contribution >= 0.6 is 0 Å². The van der Waals surface area contributed by atoms with E-state index in [2.05, 4.69) is 28.1 Å². The van der Waals surface area contributed by atoms with Crippen LogP contribution < -0.4 is 16.0 Å². The highest BCUT2D eigenvalue weighted by atomic mass is 16.6. The molecule has 1 aromatic rings. The molecule has 1 aromatic carbocycles. The summed E-state index contributed by atoms with van der Waals surface area (Å²) in [6.07, 6.45) is -0.485. The van der Waals surface area contributed by atoms with E-state index in [0.717, 1.165) is 44.0 Å². The Morgan fingerprint density at radius 3 is 2.42 bits per heavy atom. The van der Waals surface area contributed by atoms with Crippen LogP contribution in [0.4, 0.5) is 21.9 Å². The van der Waals surface area contributed by atoms with Gasteiger partial charge in [0.25, 0.3) is 0 Å². The van der Waals surface area contributed by atoms with Crippen LogP contribution in [-0.4, -0.2) is 49.3 Å². The summed E-state index contributed by atoms with van der Waals surface area (Å²) in [5.41, 5.74) is 8.83. The highest BCUT2D eigenvalue weighted by Gasteiger charge is 2.20. The van der Waals surface area contributed by atoms with Crippen molar-refractivity contribution in [3.05, 3.63) is 17.7 Å². The minimum atomic E-state index is -0.540. The predicted octanol–water partition coefficient (Wildman–Crippen LogP) is 3.07. The molecular weight excluding hydrogens is 304 g/mol. The van der Waals surface area contributed by atoms with E-state index in [1.54, 1.807) is 0 Å². The maximum atomic E-state index is 12.1. The van der Waals surface area contributed by atoms with Crippen molar-refractivity contribution in [1.82, 2.24) is 4.90 Å². The first-order chi connectivity index (χ1) is 11.2. The molecule has 1 aliphatic rings. The molecule has 0 aromatic heterocycles. The highest BCUT2D eigenvalue weighted by Crippen LogP contribution is 2.30. The normalized spacial score (nSPS) is 16.1. The number of nitrogens with two attached hydrogens (primary N) is 1. The summed E-state index contributed by atoms with van der Waals surface area (Å²) in [6.45, 7) is 14.8. The second kappa shape index (κ2) is 7.30. The lowest BCUT2D eigenvalue weighted by Gasteiger charge is -2.36. The Hall–Kier alpha value is -1.95. The molecule has 1 saturated heterocycles. The van der Waals surface area contributed by atoms with Crippen molar-refractivity contribution in [1.29, 1.82) is 0 Å². The van der Waals surface area contributed by atoms with E-state index in [4.69, 9.17) is 10.5 Å². The van der Waals surface area contributed by atoms with Crippen LogP contribution in [0.3, 0.4) is 0 Å². The first kappa shape index (κ1) is 18.4. The molecule has 1 aliphatic heterocycles. The summed E-state index contributed by atoms with van der Waals surface area (Å²) >= 11 is 0. The van der Waals surface area contributed by atoms with Crippen LogP contribution in [0.15, 0.2) is 12.1 Å². The van der Waals surface area contributed by atoms with Gasteiger partial charge in [-0.05, 0) is 51.9 Å². The minimum Gasteiger partial charge on any atom is -0.444 e. The standard InChI is InChI=1S/C18H30N4O2/c1-6-21-7-9-22(10-8-21)14-11-13(2)16(19)15(12-14)20-17(23)24-18(3,4)5/h11-12H,6-10,19H2,1-5H3,(H,20,23). The third kappa shape index (κ3) is 4.77. The van der Waals surface area contributed by atoms with Gasteiger partial charge in [0.1, 0.15) is 5.60 Å². The molecule has 1 heterocycles. The Kier molecular flexibility index (Phi) is 5.59. The highest BCUT2D eigenvalue weighted by molar-refractivity contribution is 5.91. The van der Waals surface area contributed by atoms with E-state index >= 15 is 0 Å². The Bertz CT molecular complexity index is 587. The van der Waals surface area contributed by atoms with Gasteiger partial charge < -0.3 is 20.3 Å². The molecule has 0 radical (unpaired) electrons. The second-order valence-corrected chi connectivity index (χ2v) is 7.27. The third-order valence-electron chi connectivity index (χ3n) is 4.19. The fourth-order valence-corrected chi connectivity index (χ4v) is 2.80. The Labute approximate surface area is 144 Å². The molecule has 0 unspecified atom stereocenters. The second-order valence-electron chi connectivity index (χ2n) is 7.27. The number of nitrogens with zero attached hydrogens (tertiary/aromatic N) is 2. The molecule has 24 heavy (non-hydrogen) atoms. The number of anilines is 3. The summed E-state index contributed by atoms with van der Waals surface area (Å²) in [4.78, 5) is 16.8. The lowest BCUT2D eigenvalue weighted by molar-refractivity contribution is 0.0636. The monoisotopic (exact) mass is 334 g/mol. The summed E-state index contributed by atoms with van der Waals surface area (Å²) in [5, 5.41) is 2.78. The van der Waals surface area contributed by atoms with Crippen molar-refractivity contribution >= 4 is 23.2 Å². The van der Waals surface area contributed by atoms with Crippen LogP contribution in [0.1, 0.15) is 33.3 Å². The molecule has 0 atom stereocenters. The molecule has 6 heteroatoms.